The second-order valence-corrected chi connectivity index (χ2v) is 5.94. The monoisotopic (exact) mass is 262 g/mol. The first-order valence-electron chi connectivity index (χ1n) is 7.42. The Morgan fingerprint density at radius 2 is 2.00 bits per heavy atom. The standard InChI is InChI=1S/C15H26N4/c1-10(2)15-17-11(3)8-14(19-15)18-13(9-16)12-6-4-5-7-12/h8,10,12-13H,4-7,9,16H2,1-3H3,(H,17,18,19). The molecule has 0 spiro atoms. The average Bonchev–Trinajstić information content (AvgIpc) is 2.89. The van der Waals surface area contributed by atoms with Crippen molar-refractivity contribution in [3.63, 3.8) is 0 Å². The highest BCUT2D eigenvalue weighted by molar-refractivity contribution is 5.37. The molecule has 1 unspecified atom stereocenters. The number of nitrogens with two attached hydrogens (primary N) is 1. The number of aromatic nitrogens is 2. The minimum Gasteiger partial charge on any atom is -0.366 e. The van der Waals surface area contributed by atoms with Crippen molar-refractivity contribution in [2.24, 2.45) is 11.7 Å². The van der Waals surface area contributed by atoms with Crippen molar-refractivity contribution in [3.05, 3.63) is 17.6 Å². The second-order valence-electron chi connectivity index (χ2n) is 5.94. The molecule has 1 heterocycles. The third-order valence-electron chi connectivity index (χ3n) is 3.94. The van der Waals surface area contributed by atoms with Gasteiger partial charge in [0.1, 0.15) is 11.6 Å². The van der Waals surface area contributed by atoms with Gasteiger partial charge in [0.2, 0.25) is 0 Å². The molecule has 1 fully saturated rings. The van der Waals surface area contributed by atoms with E-state index in [0.717, 1.165) is 17.3 Å². The number of nitrogens with one attached hydrogen (secondary N) is 1. The van der Waals surface area contributed by atoms with E-state index in [0.29, 0.717) is 24.4 Å². The molecule has 1 saturated carbocycles. The Labute approximate surface area is 116 Å². The molecule has 0 aromatic carbocycles. The van der Waals surface area contributed by atoms with E-state index in [-0.39, 0.29) is 0 Å². The lowest BCUT2D eigenvalue weighted by atomic mass is 9.98. The van der Waals surface area contributed by atoms with Crippen molar-refractivity contribution in [1.29, 1.82) is 0 Å². The fourth-order valence-corrected chi connectivity index (χ4v) is 2.84. The summed E-state index contributed by atoms with van der Waals surface area (Å²) in [6, 6.07) is 2.36. The number of rotatable bonds is 5. The van der Waals surface area contributed by atoms with Gasteiger partial charge < -0.3 is 11.1 Å². The minimum atomic E-state index is 0.344. The number of nitrogens with zero attached hydrogens (tertiary/aromatic N) is 2. The molecule has 0 bridgehead atoms. The summed E-state index contributed by atoms with van der Waals surface area (Å²) in [7, 11) is 0. The molecule has 1 aliphatic carbocycles. The maximum atomic E-state index is 5.93. The molecule has 0 radical (unpaired) electrons. The molecule has 1 aromatic rings. The predicted octanol–water partition coefficient (Wildman–Crippen LogP) is 2.84. The summed E-state index contributed by atoms with van der Waals surface area (Å²) in [5.41, 5.74) is 6.95. The van der Waals surface area contributed by atoms with E-state index in [9.17, 15) is 0 Å². The van der Waals surface area contributed by atoms with Gasteiger partial charge in [-0.05, 0) is 25.7 Å². The predicted molar refractivity (Wildman–Crippen MR) is 79.3 cm³/mol. The molecule has 106 valence electrons. The molecule has 2 rings (SSSR count). The zero-order valence-corrected chi connectivity index (χ0v) is 12.3. The first-order chi connectivity index (χ1) is 9.10. The number of hydrogen-bond donors (Lipinski definition) is 2. The molecule has 1 aromatic heterocycles. The summed E-state index contributed by atoms with van der Waals surface area (Å²) < 4.78 is 0. The molecule has 0 amide bonds. The lowest BCUT2D eigenvalue weighted by Gasteiger charge is -2.24. The maximum absolute atomic E-state index is 5.93. The molecule has 0 saturated heterocycles. The van der Waals surface area contributed by atoms with Crippen LogP contribution in [0.2, 0.25) is 0 Å². The average molecular weight is 262 g/mol. The van der Waals surface area contributed by atoms with Crippen LogP contribution in [0.4, 0.5) is 5.82 Å². The zero-order valence-electron chi connectivity index (χ0n) is 12.3. The summed E-state index contributed by atoms with van der Waals surface area (Å²) in [6.07, 6.45) is 5.25. The van der Waals surface area contributed by atoms with E-state index in [2.05, 4.69) is 29.1 Å². The Hall–Kier alpha value is -1.16. The van der Waals surface area contributed by atoms with E-state index in [1.807, 2.05) is 13.0 Å². The lowest BCUT2D eigenvalue weighted by molar-refractivity contribution is 0.461. The molecular formula is C15H26N4. The van der Waals surface area contributed by atoms with Crippen LogP contribution in [-0.4, -0.2) is 22.6 Å². The van der Waals surface area contributed by atoms with Crippen molar-refractivity contribution in [1.82, 2.24) is 9.97 Å². The first-order valence-corrected chi connectivity index (χ1v) is 7.42. The van der Waals surface area contributed by atoms with Crippen LogP contribution in [0.25, 0.3) is 0 Å². The Kier molecular flexibility index (Phi) is 4.75. The van der Waals surface area contributed by atoms with Gasteiger partial charge in [-0.25, -0.2) is 9.97 Å². The second kappa shape index (κ2) is 6.33. The van der Waals surface area contributed by atoms with Gasteiger partial charge in [-0.3, -0.25) is 0 Å². The largest absolute Gasteiger partial charge is 0.366 e. The van der Waals surface area contributed by atoms with Crippen LogP contribution in [0.5, 0.6) is 0 Å². The lowest BCUT2D eigenvalue weighted by Crippen LogP contribution is -2.35. The quantitative estimate of drug-likeness (QED) is 0.856. The van der Waals surface area contributed by atoms with E-state index >= 15 is 0 Å². The molecule has 0 aliphatic heterocycles. The molecule has 1 atom stereocenters. The SMILES string of the molecule is Cc1cc(NC(CN)C2CCCC2)nc(C(C)C)n1. The van der Waals surface area contributed by atoms with Gasteiger partial charge in [0.05, 0.1) is 0 Å². The van der Waals surface area contributed by atoms with Gasteiger partial charge in [-0.15, -0.1) is 0 Å². The fourth-order valence-electron chi connectivity index (χ4n) is 2.84. The van der Waals surface area contributed by atoms with Crippen LogP contribution in [0, 0.1) is 12.8 Å². The molecule has 1 aliphatic rings. The van der Waals surface area contributed by atoms with Crippen molar-refractivity contribution < 1.29 is 0 Å². The topological polar surface area (TPSA) is 63.8 Å². The van der Waals surface area contributed by atoms with Crippen molar-refractivity contribution in [3.8, 4) is 0 Å². The number of aryl methyl sites for hydroxylation is 1. The highest BCUT2D eigenvalue weighted by Crippen LogP contribution is 2.29. The highest BCUT2D eigenvalue weighted by Gasteiger charge is 2.24. The van der Waals surface area contributed by atoms with Gasteiger partial charge in [-0.2, -0.15) is 0 Å². The van der Waals surface area contributed by atoms with E-state index in [4.69, 9.17) is 5.73 Å². The van der Waals surface area contributed by atoms with E-state index in [1.54, 1.807) is 0 Å². The maximum Gasteiger partial charge on any atom is 0.133 e. The van der Waals surface area contributed by atoms with Crippen LogP contribution in [-0.2, 0) is 0 Å². The molecule has 19 heavy (non-hydrogen) atoms. The fraction of sp³-hybridized carbons (Fsp3) is 0.733. The summed E-state index contributed by atoms with van der Waals surface area (Å²) in [6.45, 7) is 6.93. The van der Waals surface area contributed by atoms with Gasteiger partial charge in [0, 0.05) is 30.3 Å². The van der Waals surface area contributed by atoms with Crippen molar-refractivity contribution in [2.45, 2.75) is 58.4 Å². The third kappa shape index (κ3) is 3.66. The van der Waals surface area contributed by atoms with Crippen LogP contribution in [0.15, 0.2) is 6.07 Å². The van der Waals surface area contributed by atoms with Gasteiger partial charge in [0.25, 0.3) is 0 Å². The third-order valence-corrected chi connectivity index (χ3v) is 3.94. The highest BCUT2D eigenvalue weighted by atomic mass is 15.1. The first kappa shape index (κ1) is 14.3. The minimum absolute atomic E-state index is 0.344. The Morgan fingerprint density at radius 1 is 1.32 bits per heavy atom. The van der Waals surface area contributed by atoms with Crippen molar-refractivity contribution in [2.75, 3.05) is 11.9 Å². The Bertz CT molecular complexity index is 411. The molecule has 3 N–H and O–H groups in total. The molecular weight excluding hydrogens is 236 g/mol. The van der Waals surface area contributed by atoms with Gasteiger partial charge in [-0.1, -0.05) is 26.7 Å². The zero-order chi connectivity index (χ0) is 13.8. The summed E-state index contributed by atoms with van der Waals surface area (Å²) >= 11 is 0. The van der Waals surface area contributed by atoms with Crippen LogP contribution < -0.4 is 11.1 Å². The Morgan fingerprint density at radius 3 is 2.58 bits per heavy atom. The van der Waals surface area contributed by atoms with E-state index in [1.165, 1.54) is 25.7 Å². The normalized spacial score (nSPS) is 17.9. The van der Waals surface area contributed by atoms with Gasteiger partial charge >= 0.3 is 0 Å². The van der Waals surface area contributed by atoms with Crippen LogP contribution >= 0.6 is 0 Å². The van der Waals surface area contributed by atoms with Gasteiger partial charge in [0.15, 0.2) is 0 Å². The van der Waals surface area contributed by atoms with E-state index < -0.39 is 0 Å². The number of anilines is 1. The Balaban J connectivity index is 2.12. The summed E-state index contributed by atoms with van der Waals surface area (Å²) in [4.78, 5) is 9.10. The molecule has 4 heteroatoms. The van der Waals surface area contributed by atoms with Crippen molar-refractivity contribution >= 4 is 5.82 Å². The smallest absolute Gasteiger partial charge is 0.133 e. The summed E-state index contributed by atoms with van der Waals surface area (Å²) in [5, 5.41) is 3.53. The molecule has 4 nitrogen and oxygen atoms in total. The summed E-state index contributed by atoms with van der Waals surface area (Å²) in [5.74, 6) is 2.88. The van der Waals surface area contributed by atoms with Crippen LogP contribution in [0.3, 0.4) is 0 Å². The van der Waals surface area contributed by atoms with Crippen LogP contribution in [0.1, 0.15) is 57.0 Å². The number of hydrogen-bond acceptors (Lipinski definition) is 4.